The van der Waals surface area contributed by atoms with Crippen molar-refractivity contribution in [3.05, 3.63) is 130 Å². The number of imidazole rings is 1. The molecule has 9 heteroatoms. The minimum absolute atomic E-state index is 0.0745. The summed E-state index contributed by atoms with van der Waals surface area (Å²) in [7, 11) is -1.02. The number of benzene rings is 4. The Labute approximate surface area is 263 Å². The first-order valence-corrected chi connectivity index (χ1v) is 15.8. The smallest absolute Gasteiger partial charge is 0.211 e. The van der Waals surface area contributed by atoms with Crippen LogP contribution in [0.1, 0.15) is 42.7 Å². The maximum Gasteiger partial charge on any atom is 0.211 e. The van der Waals surface area contributed by atoms with Crippen LogP contribution in [-0.2, 0) is 17.5 Å². The fourth-order valence-electron chi connectivity index (χ4n) is 4.53. The van der Waals surface area contributed by atoms with Crippen LogP contribution in [0.5, 0.6) is 0 Å². The Balaban J connectivity index is 1.40. The van der Waals surface area contributed by atoms with Crippen molar-refractivity contribution in [2.45, 2.75) is 31.9 Å². The average Bonchev–Trinajstić information content (AvgIpc) is 3.38. The van der Waals surface area contributed by atoms with Crippen LogP contribution >= 0.6 is 23.2 Å². The second-order valence-corrected chi connectivity index (χ2v) is 13.1. The van der Waals surface area contributed by atoms with E-state index in [1.165, 1.54) is 0 Å². The van der Waals surface area contributed by atoms with E-state index in [1.54, 1.807) is 24.3 Å². The van der Waals surface area contributed by atoms with E-state index in [1.807, 2.05) is 71.8 Å². The molecule has 0 saturated carbocycles. The summed E-state index contributed by atoms with van der Waals surface area (Å²) in [4.78, 5) is 4.88. The lowest BCUT2D eigenvalue weighted by atomic mass is 10.0. The number of hydrogen-bond donors (Lipinski definition) is 3. The van der Waals surface area contributed by atoms with Crippen molar-refractivity contribution in [1.82, 2.24) is 9.55 Å². The fourth-order valence-corrected chi connectivity index (χ4v) is 5.72. The molecule has 0 aliphatic heterocycles. The lowest BCUT2D eigenvalue weighted by molar-refractivity contribution is -0.389. The van der Waals surface area contributed by atoms with Crippen LogP contribution in [0.3, 0.4) is 0 Å². The van der Waals surface area contributed by atoms with Crippen molar-refractivity contribution >= 4 is 52.0 Å². The third kappa shape index (κ3) is 7.89. The van der Waals surface area contributed by atoms with Gasteiger partial charge in [0.05, 0.1) is 16.0 Å². The average molecular weight is 634 g/mol. The molecule has 0 saturated heterocycles. The van der Waals surface area contributed by atoms with Crippen LogP contribution in [0.15, 0.2) is 97.2 Å². The number of quaternary nitrogens is 1. The van der Waals surface area contributed by atoms with Crippen LogP contribution in [0.2, 0.25) is 10.0 Å². The molecule has 0 aliphatic rings. The fraction of sp³-hybridized carbons (Fsp3) is 0.147. The minimum atomic E-state index is -1.51. The van der Waals surface area contributed by atoms with Crippen LogP contribution in [0.4, 0.5) is 5.69 Å². The van der Waals surface area contributed by atoms with E-state index in [0.717, 1.165) is 39.3 Å². The van der Waals surface area contributed by atoms with Crippen molar-refractivity contribution in [2.24, 2.45) is 0 Å². The van der Waals surface area contributed by atoms with Gasteiger partial charge in [-0.15, -0.1) is 0 Å². The monoisotopic (exact) mass is 632 g/mol. The van der Waals surface area contributed by atoms with Crippen molar-refractivity contribution in [3.8, 4) is 22.4 Å². The first-order chi connectivity index (χ1) is 20.7. The van der Waals surface area contributed by atoms with Gasteiger partial charge in [-0.25, -0.2) is 9.71 Å². The highest BCUT2D eigenvalue weighted by Gasteiger charge is 2.13. The van der Waals surface area contributed by atoms with Gasteiger partial charge < -0.3 is 14.8 Å². The zero-order chi connectivity index (χ0) is 30.5. The van der Waals surface area contributed by atoms with Gasteiger partial charge in [0, 0.05) is 41.0 Å². The molecule has 4 aromatic carbocycles. The zero-order valence-corrected chi connectivity index (χ0v) is 26.0. The largest absolute Gasteiger partial charge is 0.364 e. The van der Waals surface area contributed by atoms with E-state index < -0.39 is 17.3 Å². The molecule has 1 aromatic heterocycles. The van der Waals surface area contributed by atoms with Crippen LogP contribution in [0.25, 0.3) is 34.5 Å². The van der Waals surface area contributed by atoms with Gasteiger partial charge in [-0.1, -0.05) is 89.9 Å². The SMILES string of the molecule is CC(C)S(=O)[NH2+]c1cccc(-c2ccc(/C=C/c3nc(-c4ccc(Cl)cc4Cl)cn3Cc3ccc(C(O)O)cc3)cc2)c1. The van der Waals surface area contributed by atoms with Gasteiger partial charge in [-0.3, -0.25) is 0 Å². The van der Waals surface area contributed by atoms with E-state index in [9.17, 15) is 14.4 Å². The Morgan fingerprint density at radius 3 is 2.33 bits per heavy atom. The van der Waals surface area contributed by atoms with Gasteiger partial charge in [0.2, 0.25) is 11.0 Å². The van der Waals surface area contributed by atoms with Gasteiger partial charge >= 0.3 is 0 Å². The van der Waals surface area contributed by atoms with E-state index >= 15 is 0 Å². The number of aromatic nitrogens is 2. The topological polar surface area (TPSA) is 92.0 Å². The van der Waals surface area contributed by atoms with Crippen LogP contribution in [-0.4, -0.2) is 29.2 Å². The predicted molar refractivity (Wildman–Crippen MR) is 176 cm³/mol. The van der Waals surface area contributed by atoms with E-state index in [4.69, 9.17) is 28.2 Å². The van der Waals surface area contributed by atoms with Gasteiger partial charge in [-0.2, -0.15) is 4.21 Å². The van der Waals surface area contributed by atoms with E-state index in [0.29, 0.717) is 27.8 Å². The van der Waals surface area contributed by atoms with Crippen molar-refractivity contribution < 1.29 is 19.1 Å². The summed E-state index contributed by atoms with van der Waals surface area (Å²) in [6.07, 6.45) is 4.41. The number of aliphatic hydroxyl groups is 2. The van der Waals surface area contributed by atoms with Crippen molar-refractivity contribution in [3.63, 3.8) is 0 Å². The number of nitrogens with two attached hydrogens (primary N) is 1. The van der Waals surface area contributed by atoms with Gasteiger partial charge in [0.1, 0.15) is 11.5 Å². The molecule has 0 bridgehead atoms. The number of rotatable bonds is 10. The van der Waals surface area contributed by atoms with Gasteiger partial charge in [0.25, 0.3) is 0 Å². The molecule has 1 heterocycles. The quantitative estimate of drug-likeness (QED) is 0.114. The molecule has 43 heavy (non-hydrogen) atoms. The maximum atomic E-state index is 12.3. The molecular formula is C34H32Cl2N3O3S+. The highest BCUT2D eigenvalue weighted by atomic mass is 35.5. The Morgan fingerprint density at radius 1 is 0.907 bits per heavy atom. The predicted octanol–water partition coefficient (Wildman–Crippen LogP) is 6.99. The number of nitrogens with zero attached hydrogens (tertiary/aromatic N) is 2. The number of halogens is 2. The maximum absolute atomic E-state index is 12.3. The minimum Gasteiger partial charge on any atom is -0.364 e. The molecule has 0 radical (unpaired) electrons. The second-order valence-electron chi connectivity index (χ2n) is 10.4. The molecule has 0 aliphatic carbocycles. The first-order valence-electron chi connectivity index (χ1n) is 13.8. The second kappa shape index (κ2) is 13.8. The normalized spacial score (nSPS) is 12.5. The van der Waals surface area contributed by atoms with Crippen LogP contribution in [0, 0.1) is 0 Å². The summed E-state index contributed by atoms with van der Waals surface area (Å²) in [6.45, 7) is 4.42. The summed E-state index contributed by atoms with van der Waals surface area (Å²) in [6, 6.07) is 28.8. The molecule has 6 nitrogen and oxygen atoms in total. The number of hydrogen-bond acceptors (Lipinski definition) is 4. The Morgan fingerprint density at radius 2 is 1.65 bits per heavy atom. The van der Waals surface area contributed by atoms with Gasteiger partial charge in [-0.05, 0) is 60.4 Å². The summed E-state index contributed by atoms with van der Waals surface area (Å²) in [5.74, 6) is 0.734. The first kappa shape index (κ1) is 30.9. The molecule has 0 fully saturated rings. The highest BCUT2D eigenvalue weighted by Crippen LogP contribution is 2.31. The molecule has 4 N–H and O–H groups in total. The Kier molecular flexibility index (Phi) is 9.93. The van der Waals surface area contributed by atoms with E-state index in [2.05, 4.69) is 36.4 Å². The standard InChI is InChI=1S/C34H31Cl2N3O3S/c1-22(2)43(42)38-29-5-3-4-27(18-29)25-11-6-23(7-12-25)10-17-33-37-32(30-16-15-28(35)19-31(30)36)21-39(33)20-24-8-13-26(14-9-24)34(40)41/h3-19,21-22,34,38,40-41H,20H2,1-2H3/p+1/b17-10+. The molecule has 1 unspecified atom stereocenters. The molecular weight excluding hydrogens is 601 g/mol. The Bertz CT molecular complexity index is 1770. The van der Waals surface area contributed by atoms with Crippen molar-refractivity contribution in [1.29, 1.82) is 0 Å². The van der Waals surface area contributed by atoms with Crippen molar-refractivity contribution in [2.75, 3.05) is 0 Å². The summed E-state index contributed by atoms with van der Waals surface area (Å²) < 4.78 is 16.1. The molecule has 0 amide bonds. The molecule has 1 atom stereocenters. The van der Waals surface area contributed by atoms with E-state index in [-0.39, 0.29) is 5.25 Å². The Hall–Kier alpha value is -3.56. The summed E-state index contributed by atoms with van der Waals surface area (Å²) in [5.41, 5.74) is 6.99. The number of aliphatic hydroxyl groups excluding tert-OH is 1. The molecule has 5 rings (SSSR count). The lowest BCUT2D eigenvalue weighted by Gasteiger charge is -2.08. The highest BCUT2D eigenvalue weighted by molar-refractivity contribution is 7.78. The summed E-state index contributed by atoms with van der Waals surface area (Å²) in [5, 5.41) is 20.0. The zero-order valence-electron chi connectivity index (χ0n) is 23.7. The molecule has 0 spiro atoms. The molecule has 5 aromatic rings. The lowest BCUT2D eigenvalue weighted by Crippen LogP contribution is -2.80. The third-order valence-corrected chi connectivity index (χ3v) is 8.90. The molecule has 220 valence electrons. The summed E-state index contributed by atoms with van der Waals surface area (Å²) >= 11 is 12.6. The van der Waals surface area contributed by atoms with Crippen LogP contribution < -0.4 is 4.72 Å². The third-order valence-electron chi connectivity index (χ3n) is 6.92. The van der Waals surface area contributed by atoms with Gasteiger partial charge in [0.15, 0.2) is 6.29 Å².